The van der Waals surface area contributed by atoms with Gasteiger partial charge in [0.1, 0.15) is 35.6 Å². The molecule has 0 aromatic heterocycles. The molecule has 2 saturated carbocycles. The van der Waals surface area contributed by atoms with Crippen molar-refractivity contribution in [3.63, 3.8) is 0 Å². The molecular formula is C53H62N2O20. The summed E-state index contributed by atoms with van der Waals surface area (Å²) in [5.74, 6) is -10.8. The summed E-state index contributed by atoms with van der Waals surface area (Å²) >= 11 is 0. The molecule has 3 aliphatic carbocycles. The highest BCUT2D eigenvalue weighted by atomic mass is 16.7. The van der Waals surface area contributed by atoms with Crippen molar-refractivity contribution in [2.45, 2.75) is 160 Å². The number of aliphatic hydroxyl groups excluding tert-OH is 1. The molecule has 3 N–H and O–H groups in total. The number of alkyl carbamates (subject to hydrolysis) is 1. The number of Topliss-reactive ketones (excluding diaryl/α,β-unsaturated/α-hetero) is 1. The second-order valence-corrected chi connectivity index (χ2v) is 21.2. The number of aliphatic hydroxyl groups is 2. The van der Waals surface area contributed by atoms with Gasteiger partial charge in [-0.1, -0.05) is 62.4 Å². The Morgan fingerprint density at radius 1 is 0.840 bits per heavy atom. The van der Waals surface area contributed by atoms with Crippen molar-refractivity contribution in [2.24, 2.45) is 16.7 Å². The van der Waals surface area contributed by atoms with Gasteiger partial charge in [-0.05, 0) is 63.5 Å². The zero-order valence-electron chi connectivity index (χ0n) is 43.0. The Kier molecular flexibility index (Phi) is 15.6. The number of rotatable bonds is 14. The Bertz CT molecular complexity index is 2660. The Morgan fingerprint density at radius 3 is 2.00 bits per heavy atom. The molecule has 5 aliphatic rings. The topological polar surface area (TPSA) is 300 Å². The number of ether oxygens (including phenoxy) is 7. The van der Waals surface area contributed by atoms with E-state index in [9.17, 15) is 48.6 Å². The predicted octanol–water partition coefficient (Wildman–Crippen LogP) is 3.77. The fourth-order valence-corrected chi connectivity index (χ4v) is 11.1. The monoisotopic (exact) mass is 1050 g/mol. The van der Waals surface area contributed by atoms with E-state index < -0.39 is 162 Å². The van der Waals surface area contributed by atoms with E-state index in [1.54, 1.807) is 57.2 Å². The number of nitrogens with one attached hydrogen (secondary N) is 1. The molecule has 2 aliphatic heterocycles. The van der Waals surface area contributed by atoms with Gasteiger partial charge in [-0.2, -0.15) is 0 Å². The van der Waals surface area contributed by atoms with Crippen LogP contribution < -0.4 is 5.32 Å². The smallest absolute Gasteiger partial charge is 0.408 e. The molecule has 75 heavy (non-hydrogen) atoms. The minimum atomic E-state index is -2.55. The van der Waals surface area contributed by atoms with Crippen LogP contribution >= 0.6 is 0 Å². The molecule has 22 heteroatoms. The minimum absolute atomic E-state index is 0.00259. The molecule has 11 atom stereocenters. The van der Waals surface area contributed by atoms with Gasteiger partial charge in [-0.25, -0.2) is 19.2 Å². The van der Waals surface area contributed by atoms with Crippen LogP contribution in [0.15, 0.2) is 71.8 Å². The standard InChI is InChI=1S/C53H62N2O20/c1-27-32(70-47(65)42(40(30-16-12-10-13-17-30)54-48(66)74-49(4,5)6)71-37(61)22-23-38(62)75-55-35(59)20-21-36(55)60)25-53(67)45(72-46(64)31-18-14-11-15-19-31)43-51(9,33(58)24-34-52(43,26-68-34)73-29(3)57)44(63)41(69-28(2)56)39(27)50(53,7)8/h10-19,32-34,40-43,45,58,67H,20-26H2,1-9H3,(H,54,66)/t32-,33-,34+,40?,41+,42?,43-,45?,51+,52-,53+/m0/s1. The molecular weight excluding hydrogens is 985 g/mol. The normalized spacial score (nSPS) is 29.6. The first kappa shape index (κ1) is 55.7. The van der Waals surface area contributed by atoms with Crippen LogP contribution in [0.25, 0.3) is 0 Å². The molecule has 404 valence electrons. The Balaban J connectivity index is 1.37. The molecule has 2 aromatic carbocycles. The number of nitrogens with zero attached hydrogens (tertiary/aromatic N) is 1. The maximum atomic E-state index is 15.7. The maximum absolute atomic E-state index is 15.7. The van der Waals surface area contributed by atoms with E-state index in [1.165, 1.54) is 52.0 Å². The molecule has 2 heterocycles. The maximum Gasteiger partial charge on any atom is 0.408 e. The van der Waals surface area contributed by atoms with Crippen LogP contribution in [0.5, 0.6) is 0 Å². The van der Waals surface area contributed by atoms with Crippen LogP contribution in [0.1, 0.15) is 123 Å². The van der Waals surface area contributed by atoms with Gasteiger partial charge < -0.3 is 53.5 Å². The van der Waals surface area contributed by atoms with E-state index in [0.29, 0.717) is 0 Å². The number of benzene rings is 2. The lowest BCUT2D eigenvalue weighted by Crippen LogP contribution is -2.82. The highest BCUT2D eigenvalue weighted by Gasteiger charge is 2.78. The van der Waals surface area contributed by atoms with Crippen LogP contribution in [0.4, 0.5) is 4.79 Å². The number of imide groups is 1. The summed E-state index contributed by atoms with van der Waals surface area (Å²) in [4.78, 5) is 141. The number of ketones is 1. The van der Waals surface area contributed by atoms with E-state index in [0.717, 1.165) is 13.8 Å². The average molecular weight is 1050 g/mol. The van der Waals surface area contributed by atoms with Crippen molar-refractivity contribution in [3.05, 3.63) is 82.9 Å². The molecule has 0 radical (unpaired) electrons. The summed E-state index contributed by atoms with van der Waals surface area (Å²) in [6.07, 6.45) is -14.5. The number of carbonyl (C=O) groups is 10. The first-order chi connectivity index (χ1) is 35.0. The summed E-state index contributed by atoms with van der Waals surface area (Å²) < 4.78 is 41.9. The number of hydroxylamine groups is 2. The number of fused-ring (bicyclic) bond motifs is 5. The van der Waals surface area contributed by atoms with E-state index in [4.69, 9.17) is 38.0 Å². The lowest BCUT2D eigenvalue weighted by molar-refractivity contribution is -0.346. The molecule has 7 rings (SSSR count). The molecule has 2 bridgehead atoms. The van der Waals surface area contributed by atoms with Crippen LogP contribution in [0, 0.1) is 16.7 Å². The molecule has 22 nitrogen and oxygen atoms in total. The third-order valence-corrected chi connectivity index (χ3v) is 14.8. The number of amides is 3. The van der Waals surface area contributed by atoms with Gasteiger partial charge in [0.15, 0.2) is 17.5 Å². The first-order valence-corrected chi connectivity index (χ1v) is 24.5. The fraction of sp³-hybridized carbons (Fsp3) is 0.547. The van der Waals surface area contributed by atoms with Gasteiger partial charge in [0.05, 0.1) is 42.4 Å². The highest BCUT2D eigenvalue weighted by molar-refractivity contribution is 6.01. The zero-order valence-corrected chi connectivity index (χ0v) is 43.0. The Morgan fingerprint density at radius 2 is 1.44 bits per heavy atom. The Labute approximate surface area is 431 Å². The summed E-state index contributed by atoms with van der Waals surface area (Å²) in [5, 5.41) is 29.0. The van der Waals surface area contributed by atoms with Crippen molar-refractivity contribution in [1.82, 2.24) is 10.4 Å². The number of hydrogen-bond donors (Lipinski definition) is 3. The quantitative estimate of drug-likeness (QED) is 0.105. The molecule has 4 fully saturated rings. The second-order valence-electron chi connectivity index (χ2n) is 21.2. The highest BCUT2D eigenvalue weighted by Crippen LogP contribution is 2.64. The Hall–Kier alpha value is -7.04. The van der Waals surface area contributed by atoms with Crippen LogP contribution in [0.3, 0.4) is 0 Å². The van der Waals surface area contributed by atoms with E-state index in [-0.39, 0.29) is 46.6 Å². The van der Waals surface area contributed by atoms with E-state index in [2.05, 4.69) is 5.32 Å². The SMILES string of the molecule is CC(=O)O[C@H]1C(=O)[C@@]2(C)[C@H](C(OC(=O)c3ccccc3)[C@]3(O)C[C@H](OC(=O)C(OC(=O)CCC(=O)ON4C(=O)CCC4=O)C(NC(=O)OC(C)(C)C)c4ccccc4)C(C)=C1C3(C)C)[C@]1(OC(C)=O)CO[C@@H]1C[C@@H]2O. The number of esters is 5. The lowest BCUT2D eigenvalue weighted by Gasteiger charge is -2.67. The largest absolute Gasteiger partial charge is 0.455 e. The van der Waals surface area contributed by atoms with Crippen LogP contribution in [-0.4, -0.2) is 135 Å². The molecule has 3 amide bonds. The second kappa shape index (κ2) is 20.9. The van der Waals surface area contributed by atoms with Gasteiger partial charge in [0.2, 0.25) is 6.10 Å². The average Bonchev–Trinajstić information content (AvgIpc) is 3.64. The summed E-state index contributed by atoms with van der Waals surface area (Å²) in [7, 11) is 0. The number of hydrogen-bond acceptors (Lipinski definition) is 20. The molecule has 0 spiro atoms. The van der Waals surface area contributed by atoms with Gasteiger partial charge in [-0.15, -0.1) is 5.06 Å². The van der Waals surface area contributed by atoms with Crippen molar-refractivity contribution in [1.29, 1.82) is 0 Å². The number of carbonyl (C=O) groups excluding carboxylic acids is 10. The van der Waals surface area contributed by atoms with Gasteiger partial charge in [0, 0.05) is 44.9 Å². The van der Waals surface area contributed by atoms with Crippen molar-refractivity contribution in [3.8, 4) is 0 Å². The van der Waals surface area contributed by atoms with Crippen molar-refractivity contribution >= 4 is 59.5 Å². The molecule has 3 unspecified atom stereocenters. The third kappa shape index (κ3) is 10.6. The van der Waals surface area contributed by atoms with Crippen LogP contribution in [0.2, 0.25) is 0 Å². The summed E-state index contributed by atoms with van der Waals surface area (Å²) in [6, 6.07) is 13.7. The van der Waals surface area contributed by atoms with Crippen molar-refractivity contribution < 1.29 is 96.2 Å². The van der Waals surface area contributed by atoms with Gasteiger partial charge >= 0.3 is 41.9 Å². The lowest BCUT2D eigenvalue weighted by atomic mass is 9.44. The molecule has 2 saturated heterocycles. The third-order valence-electron chi connectivity index (χ3n) is 14.8. The summed E-state index contributed by atoms with van der Waals surface area (Å²) in [6.45, 7) is 12.2. The van der Waals surface area contributed by atoms with E-state index >= 15 is 9.59 Å². The van der Waals surface area contributed by atoms with E-state index in [1.807, 2.05) is 0 Å². The van der Waals surface area contributed by atoms with Gasteiger partial charge in [-0.3, -0.25) is 28.8 Å². The molecule has 2 aromatic rings. The first-order valence-electron chi connectivity index (χ1n) is 24.5. The summed E-state index contributed by atoms with van der Waals surface area (Å²) in [5.41, 5.74) is -9.39. The van der Waals surface area contributed by atoms with Crippen LogP contribution in [-0.2, 0) is 76.4 Å². The zero-order chi connectivity index (χ0) is 55.2. The van der Waals surface area contributed by atoms with Gasteiger partial charge in [0.25, 0.3) is 11.8 Å². The fourth-order valence-electron chi connectivity index (χ4n) is 11.1. The predicted molar refractivity (Wildman–Crippen MR) is 253 cm³/mol. The minimum Gasteiger partial charge on any atom is -0.455 e. The van der Waals surface area contributed by atoms with Crippen molar-refractivity contribution in [2.75, 3.05) is 6.61 Å².